The summed E-state index contributed by atoms with van der Waals surface area (Å²) in [5.74, 6) is 0. The summed E-state index contributed by atoms with van der Waals surface area (Å²) in [7, 11) is 0. The normalized spacial score (nSPS) is 15.6. The zero-order valence-electron chi connectivity index (χ0n) is 13.9. The molecule has 0 aliphatic heterocycles. The zero-order valence-corrected chi connectivity index (χ0v) is 18.0. The summed E-state index contributed by atoms with van der Waals surface area (Å²) in [6, 6.07) is 11.0. The number of benzene rings is 1. The minimum Gasteiger partial charge on any atom is -0.147 e. The molecule has 0 heterocycles. The molecule has 0 aromatic heterocycles. The first kappa shape index (κ1) is 20.6. The standard InChI is InChI=1S/C8H8.2C6H7.2ClH.Zr/c1-2-8-6-4-3-5-7-8;2*1-6-4-2-3-5-6;;;/h3-7H,1H3;2*2,4H,3H2,1H3;2*1H;. The van der Waals surface area contributed by atoms with Gasteiger partial charge in [0.1, 0.15) is 0 Å². The predicted molar refractivity (Wildman–Crippen MR) is 104 cm³/mol. The van der Waals surface area contributed by atoms with Crippen molar-refractivity contribution in [2.45, 2.75) is 33.6 Å². The van der Waals surface area contributed by atoms with Crippen LogP contribution < -0.4 is 0 Å². The van der Waals surface area contributed by atoms with Crippen LogP contribution in [0.5, 0.6) is 0 Å². The van der Waals surface area contributed by atoms with Crippen molar-refractivity contribution in [3.63, 3.8) is 0 Å². The van der Waals surface area contributed by atoms with Crippen LogP contribution in [0.4, 0.5) is 0 Å². The molecule has 122 valence electrons. The van der Waals surface area contributed by atoms with Gasteiger partial charge in [0, 0.05) is 0 Å². The summed E-state index contributed by atoms with van der Waals surface area (Å²) >= 11 is -1.92. The van der Waals surface area contributed by atoms with E-state index >= 15 is 0 Å². The van der Waals surface area contributed by atoms with Crippen LogP contribution >= 0.6 is 24.8 Å². The van der Waals surface area contributed by atoms with E-state index in [0.717, 1.165) is 0 Å². The Hall–Kier alpha value is -0.487. The van der Waals surface area contributed by atoms with Gasteiger partial charge < -0.3 is 0 Å². The summed E-state index contributed by atoms with van der Waals surface area (Å²) in [5.41, 5.74) is 4.52. The fraction of sp³-hybridized carbons (Fsp3) is 0.250. The average Bonchev–Trinajstić information content (AvgIpc) is 3.10. The molecule has 1 aromatic carbocycles. The molecule has 1 aromatic rings. The largest absolute Gasteiger partial charge is 0.147 e. The molecular weight excluding hydrogens is 402 g/mol. The molecule has 0 radical (unpaired) electrons. The molecule has 0 amide bonds. The van der Waals surface area contributed by atoms with Gasteiger partial charge in [-0.25, -0.2) is 0 Å². The van der Waals surface area contributed by atoms with E-state index < -0.39 is 21.3 Å². The van der Waals surface area contributed by atoms with Crippen molar-refractivity contribution in [1.29, 1.82) is 0 Å². The van der Waals surface area contributed by atoms with Crippen molar-refractivity contribution in [3.05, 3.63) is 77.9 Å². The van der Waals surface area contributed by atoms with E-state index in [0.29, 0.717) is 0 Å². The third-order valence-electron chi connectivity index (χ3n) is 4.52. The molecule has 2 aliphatic rings. The van der Waals surface area contributed by atoms with E-state index in [4.69, 9.17) is 0 Å². The van der Waals surface area contributed by atoms with Gasteiger partial charge in [0.15, 0.2) is 0 Å². The van der Waals surface area contributed by atoms with Crippen LogP contribution in [0.15, 0.2) is 72.3 Å². The van der Waals surface area contributed by atoms with Crippen LogP contribution in [0, 0.1) is 0 Å². The molecule has 0 fully saturated rings. The SMILES string of the molecule is CC1=[C]([Zr]([C]2=C(C)C=CC2)=[C](C)c2ccccc2)CC=C1.Cl.Cl. The van der Waals surface area contributed by atoms with Crippen molar-refractivity contribution in [2.75, 3.05) is 0 Å². The van der Waals surface area contributed by atoms with Gasteiger partial charge in [-0.3, -0.25) is 0 Å². The Bertz CT molecular complexity index is 681. The third-order valence-corrected chi connectivity index (χ3v) is 13.0. The van der Waals surface area contributed by atoms with Gasteiger partial charge in [-0.1, -0.05) is 0 Å². The molecule has 0 N–H and O–H groups in total. The van der Waals surface area contributed by atoms with Crippen molar-refractivity contribution in [1.82, 2.24) is 0 Å². The first-order valence-corrected chi connectivity index (χ1v) is 11.4. The number of rotatable bonds is 3. The van der Waals surface area contributed by atoms with Gasteiger partial charge in [0.05, 0.1) is 0 Å². The van der Waals surface area contributed by atoms with E-state index in [1.807, 2.05) is 0 Å². The van der Waals surface area contributed by atoms with Gasteiger partial charge in [0.25, 0.3) is 0 Å². The van der Waals surface area contributed by atoms with E-state index in [1.165, 1.54) is 29.6 Å². The second kappa shape index (κ2) is 9.12. The summed E-state index contributed by atoms with van der Waals surface area (Å²) < 4.78 is 5.22. The molecule has 23 heavy (non-hydrogen) atoms. The summed E-state index contributed by atoms with van der Waals surface area (Å²) in [6.45, 7) is 6.99. The smallest absolute Gasteiger partial charge is 0.147 e. The number of hydrogen-bond donors (Lipinski definition) is 0. The van der Waals surface area contributed by atoms with Gasteiger partial charge in [-0.2, -0.15) is 0 Å². The van der Waals surface area contributed by atoms with Gasteiger partial charge in [0.2, 0.25) is 0 Å². The van der Waals surface area contributed by atoms with Gasteiger partial charge in [-0.05, 0) is 0 Å². The summed E-state index contributed by atoms with van der Waals surface area (Å²) in [5, 5.41) is 0. The molecule has 0 bridgehead atoms. The van der Waals surface area contributed by atoms with Crippen LogP contribution in [0.1, 0.15) is 39.2 Å². The Morgan fingerprint density at radius 2 is 1.30 bits per heavy atom. The first-order chi connectivity index (χ1) is 10.2. The van der Waals surface area contributed by atoms with E-state index in [-0.39, 0.29) is 24.8 Å². The molecule has 0 atom stereocenters. The van der Waals surface area contributed by atoms with Crippen molar-refractivity contribution >= 4 is 28.0 Å². The molecule has 0 nitrogen and oxygen atoms in total. The minimum atomic E-state index is -1.92. The Kier molecular flexibility index (Phi) is 8.15. The molecule has 0 unspecified atom stereocenters. The number of hydrogen-bond acceptors (Lipinski definition) is 0. The molecule has 0 spiro atoms. The maximum atomic E-state index is 2.39. The maximum absolute atomic E-state index is 2.39. The second-order valence-corrected chi connectivity index (χ2v) is 12.6. The monoisotopic (exact) mass is 424 g/mol. The van der Waals surface area contributed by atoms with Crippen LogP contribution in [0.25, 0.3) is 0 Å². The maximum Gasteiger partial charge on any atom is -0.147 e. The van der Waals surface area contributed by atoms with E-state index in [2.05, 4.69) is 75.4 Å². The fourth-order valence-electron chi connectivity index (χ4n) is 3.30. The van der Waals surface area contributed by atoms with Crippen molar-refractivity contribution in [3.8, 4) is 0 Å². The molecule has 0 saturated carbocycles. The van der Waals surface area contributed by atoms with E-state index in [9.17, 15) is 0 Å². The minimum absolute atomic E-state index is 0. The third kappa shape index (κ3) is 4.33. The van der Waals surface area contributed by atoms with Gasteiger partial charge >= 0.3 is 136 Å². The number of halogens is 2. The van der Waals surface area contributed by atoms with Crippen LogP contribution in [0.2, 0.25) is 0 Å². The molecule has 3 heteroatoms. The van der Waals surface area contributed by atoms with Crippen LogP contribution in [0.3, 0.4) is 0 Å². The van der Waals surface area contributed by atoms with Crippen LogP contribution in [-0.4, -0.2) is 3.21 Å². The summed E-state index contributed by atoms with van der Waals surface area (Å²) in [6.07, 6.45) is 11.7. The Labute approximate surface area is 160 Å². The van der Waals surface area contributed by atoms with E-state index in [1.54, 1.807) is 9.77 Å². The topological polar surface area (TPSA) is 0 Å². The van der Waals surface area contributed by atoms with Gasteiger partial charge in [-0.15, -0.1) is 24.8 Å². The number of allylic oxidation sites excluding steroid dienone is 8. The molecule has 0 saturated heterocycles. The second-order valence-electron chi connectivity index (χ2n) is 5.90. The summed E-state index contributed by atoms with van der Waals surface area (Å²) in [4.78, 5) is 0. The predicted octanol–water partition coefficient (Wildman–Crippen LogP) is 6.16. The molecule has 2 aliphatic carbocycles. The molecular formula is C20H24Cl2Zr. The Morgan fingerprint density at radius 1 is 0.826 bits per heavy atom. The molecule has 3 rings (SSSR count). The quantitative estimate of drug-likeness (QED) is 0.543. The first-order valence-electron chi connectivity index (χ1n) is 7.68. The average molecular weight is 427 g/mol. The fourth-order valence-corrected chi connectivity index (χ4v) is 11.5. The van der Waals surface area contributed by atoms with Crippen molar-refractivity contribution < 1.29 is 21.3 Å². The van der Waals surface area contributed by atoms with Crippen molar-refractivity contribution in [2.24, 2.45) is 0 Å². The zero-order chi connectivity index (χ0) is 14.8. The Morgan fingerprint density at radius 3 is 1.70 bits per heavy atom. The van der Waals surface area contributed by atoms with Crippen LogP contribution in [-0.2, 0) is 21.3 Å². The Balaban J connectivity index is 0.00000132.